The molecule has 0 aliphatic carbocycles. The van der Waals surface area contributed by atoms with Crippen LogP contribution >= 0.6 is 0 Å². The van der Waals surface area contributed by atoms with Gasteiger partial charge in [0, 0.05) is 17.8 Å². The van der Waals surface area contributed by atoms with Crippen LogP contribution in [0.1, 0.15) is 0 Å². The second-order valence-corrected chi connectivity index (χ2v) is 11.7. The zero-order valence-corrected chi connectivity index (χ0v) is 18.8. The van der Waals surface area contributed by atoms with Gasteiger partial charge in [0.25, 0.3) is 0 Å². The third kappa shape index (κ3) is 3.79. The standard InChI is InChI=1S/C29H21F2NSi/c30-22-16-17-27(28(31)20-22)29-21-26(18-19-32-29)33(23-10-4-1-5-11-23,24-12-6-2-7-13-24)25-14-8-3-9-15-25/h1-21H. The Labute approximate surface area is 193 Å². The van der Waals surface area contributed by atoms with E-state index in [1.165, 1.54) is 27.7 Å². The number of nitrogens with zero attached hydrogens (tertiary/aromatic N) is 1. The minimum Gasteiger partial charge on any atom is -0.256 e. The molecule has 0 saturated heterocycles. The molecule has 160 valence electrons. The van der Waals surface area contributed by atoms with Gasteiger partial charge in [-0.15, -0.1) is 0 Å². The summed E-state index contributed by atoms with van der Waals surface area (Å²) in [6.45, 7) is 0. The average Bonchev–Trinajstić information content (AvgIpc) is 2.87. The van der Waals surface area contributed by atoms with Gasteiger partial charge in [0.2, 0.25) is 0 Å². The Bertz CT molecular complexity index is 1280. The molecular formula is C29H21F2NSi. The van der Waals surface area contributed by atoms with Gasteiger partial charge in [-0.1, -0.05) is 91.0 Å². The first-order chi connectivity index (χ1) is 16.2. The van der Waals surface area contributed by atoms with E-state index in [9.17, 15) is 8.78 Å². The Kier molecular flexibility index (Phi) is 5.67. The van der Waals surface area contributed by atoms with Gasteiger partial charge in [0.15, 0.2) is 8.07 Å². The van der Waals surface area contributed by atoms with Crippen molar-refractivity contribution in [3.8, 4) is 11.3 Å². The van der Waals surface area contributed by atoms with Gasteiger partial charge in [-0.05, 0) is 45.0 Å². The topological polar surface area (TPSA) is 12.9 Å². The smallest absolute Gasteiger partial charge is 0.179 e. The molecule has 4 heteroatoms. The largest absolute Gasteiger partial charge is 0.256 e. The van der Waals surface area contributed by atoms with Gasteiger partial charge in [-0.25, -0.2) is 8.78 Å². The Morgan fingerprint density at radius 2 is 1.03 bits per heavy atom. The summed E-state index contributed by atoms with van der Waals surface area (Å²) in [5.41, 5.74) is 0.778. The van der Waals surface area contributed by atoms with E-state index in [1.807, 2.05) is 30.3 Å². The van der Waals surface area contributed by atoms with E-state index in [0.717, 1.165) is 11.3 Å². The highest BCUT2D eigenvalue weighted by atomic mass is 28.3. The molecular weight excluding hydrogens is 428 g/mol. The Balaban J connectivity index is 1.84. The van der Waals surface area contributed by atoms with Crippen LogP contribution in [0.3, 0.4) is 0 Å². The van der Waals surface area contributed by atoms with Crippen molar-refractivity contribution < 1.29 is 8.78 Å². The molecule has 1 heterocycles. The SMILES string of the molecule is Fc1ccc(-c2cc([Si](c3ccccc3)(c3ccccc3)c3ccccc3)ccn2)c(F)c1. The lowest BCUT2D eigenvalue weighted by atomic mass is 10.1. The quantitative estimate of drug-likeness (QED) is 0.286. The molecule has 0 bridgehead atoms. The van der Waals surface area contributed by atoms with Crippen molar-refractivity contribution in [3.63, 3.8) is 0 Å². The second kappa shape index (κ2) is 8.92. The summed E-state index contributed by atoms with van der Waals surface area (Å²) in [5, 5.41) is 4.75. The number of hydrogen-bond acceptors (Lipinski definition) is 1. The molecule has 4 aromatic carbocycles. The fraction of sp³-hybridized carbons (Fsp3) is 0. The van der Waals surface area contributed by atoms with Crippen LogP contribution in [-0.2, 0) is 0 Å². The summed E-state index contributed by atoms with van der Waals surface area (Å²) < 4.78 is 28.2. The maximum Gasteiger partial charge on any atom is 0.179 e. The summed E-state index contributed by atoms with van der Waals surface area (Å²) in [4.78, 5) is 4.45. The van der Waals surface area contributed by atoms with Gasteiger partial charge < -0.3 is 0 Å². The first kappa shape index (κ1) is 21.0. The predicted octanol–water partition coefficient (Wildman–Crippen LogP) is 4.40. The van der Waals surface area contributed by atoms with Gasteiger partial charge in [0.1, 0.15) is 11.6 Å². The van der Waals surface area contributed by atoms with Crippen molar-refractivity contribution in [2.75, 3.05) is 0 Å². The number of benzene rings is 4. The summed E-state index contributed by atoms with van der Waals surface area (Å²) in [6, 6.07) is 39.1. The first-order valence-electron chi connectivity index (χ1n) is 10.8. The molecule has 1 aromatic heterocycles. The van der Waals surface area contributed by atoms with Crippen molar-refractivity contribution in [1.82, 2.24) is 4.98 Å². The van der Waals surface area contributed by atoms with E-state index < -0.39 is 19.7 Å². The van der Waals surface area contributed by atoms with E-state index in [1.54, 1.807) is 6.20 Å². The van der Waals surface area contributed by atoms with Crippen LogP contribution in [0, 0.1) is 11.6 Å². The number of rotatable bonds is 5. The van der Waals surface area contributed by atoms with E-state index in [0.29, 0.717) is 5.69 Å². The van der Waals surface area contributed by atoms with Crippen LogP contribution in [0.25, 0.3) is 11.3 Å². The molecule has 0 aliphatic rings. The molecule has 0 spiro atoms. The highest BCUT2D eigenvalue weighted by Crippen LogP contribution is 2.21. The van der Waals surface area contributed by atoms with Crippen molar-refractivity contribution in [2.45, 2.75) is 0 Å². The van der Waals surface area contributed by atoms with E-state index >= 15 is 0 Å². The molecule has 0 saturated carbocycles. The minimum absolute atomic E-state index is 0.287. The van der Waals surface area contributed by atoms with Crippen molar-refractivity contribution in [2.24, 2.45) is 0 Å². The van der Waals surface area contributed by atoms with Crippen LogP contribution in [0.4, 0.5) is 8.78 Å². The van der Waals surface area contributed by atoms with Crippen LogP contribution < -0.4 is 20.7 Å². The molecule has 0 aliphatic heterocycles. The van der Waals surface area contributed by atoms with Gasteiger partial charge in [0.05, 0.1) is 5.69 Å². The second-order valence-electron chi connectivity index (χ2n) is 7.90. The summed E-state index contributed by atoms with van der Waals surface area (Å²) in [5.74, 6) is -1.22. The number of aromatic nitrogens is 1. The van der Waals surface area contributed by atoms with Crippen molar-refractivity contribution >= 4 is 28.8 Å². The van der Waals surface area contributed by atoms with E-state index in [4.69, 9.17) is 0 Å². The van der Waals surface area contributed by atoms with Gasteiger partial charge in [-0.2, -0.15) is 0 Å². The molecule has 0 fully saturated rings. The summed E-state index contributed by atoms with van der Waals surface area (Å²) >= 11 is 0. The Morgan fingerprint density at radius 1 is 0.515 bits per heavy atom. The molecule has 0 unspecified atom stereocenters. The molecule has 0 radical (unpaired) electrons. The molecule has 5 aromatic rings. The van der Waals surface area contributed by atoms with Crippen LogP contribution in [0.5, 0.6) is 0 Å². The van der Waals surface area contributed by atoms with Crippen LogP contribution in [0.2, 0.25) is 0 Å². The fourth-order valence-corrected chi connectivity index (χ4v) is 9.33. The highest BCUT2D eigenvalue weighted by Gasteiger charge is 2.41. The molecule has 0 N–H and O–H groups in total. The lowest BCUT2D eigenvalue weighted by molar-refractivity contribution is 0.585. The maximum absolute atomic E-state index is 14.7. The lowest BCUT2D eigenvalue weighted by Crippen LogP contribution is -2.74. The number of halogens is 2. The zero-order valence-electron chi connectivity index (χ0n) is 17.8. The van der Waals surface area contributed by atoms with Crippen molar-refractivity contribution in [1.29, 1.82) is 0 Å². The normalized spacial score (nSPS) is 11.3. The van der Waals surface area contributed by atoms with E-state index in [2.05, 4.69) is 77.8 Å². The number of pyridine rings is 1. The Morgan fingerprint density at radius 3 is 1.52 bits per heavy atom. The summed E-state index contributed by atoms with van der Waals surface area (Å²) in [6.07, 6.45) is 1.73. The van der Waals surface area contributed by atoms with Gasteiger partial charge >= 0.3 is 0 Å². The molecule has 0 atom stereocenters. The van der Waals surface area contributed by atoms with Crippen LogP contribution in [0.15, 0.2) is 128 Å². The average molecular weight is 450 g/mol. The third-order valence-corrected chi connectivity index (χ3v) is 10.8. The zero-order chi connectivity index (χ0) is 22.7. The van der Waals surface area contributed by atoms with Gasteiger partial charge in [-0.3, -0.25) is 4.98 Å². The summed E-state index contributed by atoms with van der Waals surface area (Å²) in [7, 11) is -2.73. The molecule has 0 amide bonds. The molecule has 1 nitrogen and oxygen atoms in total. The molecule has 5 rings (SSSR count). The van der Waals surface area contributed by atoms with Crippen molar-refractivity contribution in [3.05, 3.63) is 139 Å². The monoisotopic (exact) mass is 449 g/mol. The fourth-order valence-electron chi connectivity index (χ4n) is 4.57. The van der Waals surface area contributed by atoms with Crippen LogP contribution in [-0.4, -0.2) is 13.1 Å². The third-order valence-electron chi connectivity index (χ3n) is 6.02. The number of hydrogen-bond donors (Lipinski definition) is 0. The lowest BCUT2D eigenvalue weighted by Gasteiger charge is -2.34. The predicted molar refractivity (Wildman–Crippen MR) is 133 cm³/mol. The Hall–Kier alpha value is -3.89. The maximum atomic E-state index is 14.7. The van der Waals surface area contributed by atoms with E-state index in [-0.39, 0.29) is 5.56 Å². The first-order valence-corrected chi connectivity index (χ1v) is 12.8. The minimum atomic E-state index is -2.73. The highest BCUT2D eigenvalue weighted by molar-refractivity contribution is 7.19. The molecule has 33 heavy (non-hydrogen) atoms.